The van der Waals surface area contributed by atoms with Crippen LogP contribution in [0, 0.1) is 23.6 Å². The molecule has 0 radical (unpaired) electrons. The Kier molecular flexibility index (Phi) is 6.35. The quantitative estimate of drug-likeness (QED) is 0.614. The third kappa shape index (κ3) is 4.29. The number of rotatable bonds is 7. The average molecular weight is 455 g/mol. The molecule has 4 rings (SSSR count). The van der Waals surface area contributed by atoms with E-state index in [9.17, 15) is 23.9 Å². The summed E-state index contributed by atoms with van der Waals surface area (Å²) in [6.07, 6.45) is 2.54. The Morgan fingerprint density at radius 2 is 1.82 bits per heavy atom. The molecule has 174 valence electrons. The van der Waals surface area contributed by atoms with Gasteiger partial charge in [-0.2, -0.15) is 0 Å². The van der Waals surface area contributed by atoms with Gasteiger partial charge < -0.3 is 19.9 Å². The summed E-state index contributed by atoms with van der Waals surface area (Å²) in [5, 5.41) is 12.5. The van der Waals surface area contributed by atoms with Gasteiger partial charge in [-0.3, -0.25) is 9.59 Å². The van der Waals surface area contributed by atoms with E-state index < -0.39 is 35.6 Å². The number of amides is 1. The topological polar surface area (TPSA) is 102 Å². The maximum atomic E-state index is 14.9. The molecule has 0 heterocycles. The average Bonchev–Trinajstić information content (AvgIpc) is 3.41. The lowest BCUT2D eigenvalue weighted by molar-refractivity contribution is -0.144. The molecule has 4 atom stereocenters. The number of carboxylic acids is 1. The third-order valence-corrected chi connectivity index (χ3v) is 6.74. The van der Waals surface area contributed by atoms with Crippen LogP contribution in [0.1, 0.15) is 46.9 Å². The highest BCUT2D eigenvalue weighted by Crippen LogP contribution is 2.48. The number of carboxylic acid groups (broad SMARTS) is 1. The molecule has 2 saturated carbocycles. The van der Waals surface area contributed by atoms with E-state index >= 15 is 0 Å². The zero-order valence-electron chi connectivity index (χ0n) is 18.5. The van der Waals surface area contributed by atoms with Crippen LogP contribution in [0.4, 0.5) is 4.39 Å². The van der Waals surface area contributed by atoms with E-state index in [0.717, 1.165) is 25.3 Å². The number of esters is 1. The predicted octanol–water partition coefficient (Wildman–Crippen LogP) is 3.91. The van der Waals surface area contributed by atoms with Gasteiger partial charge in [0, 0.05) is 17.7 Å². The van der Waals surface area contributed by atoms with Crippen molar-refractivity contribution in [2.45, 2.75) is 32.2 Å². The highest BCUT2D eigenvalue weighted by Gasteiger charge is 2.51. The van der Waals surface area contributed by atoms with Crippen LogP contribution in [0.2, 0.25) is 0 Å². The Labute approximate surface area is 190 Å². The van der Waals surface area contributed by atoms with Gasteiger partial charge in [-0.05, 0) is 61.8 Å². The molecule has 2 bridgehead atoms. The van der Waals surface area contributed by atoms with Gasteiger partial charge in [0.1, 0.15) is 11.6 Å². The minimum absolute atomic E-state index is 0.0620. The number of methoxy groups -OCH3 is 1. The van der Waals surface area contributed by atoms with Crippen molar-refractivity contribution in [2.24, 2.45) is 17.8 Å². The van der Waals surface area contributed by atoms with Crippen molar-refractivity contribution in [1.29, 1.82) is 0 Å². The van der Waals surface area contributed by atoms with Crippen LogP contribution in [0.5, 0.6) is 5.75 Å². The summed E-state index contributed by atoms with van der Waals surface area (Å²) in [6, 6.07) is 8.29. The molecule has 8 heteroatoms. The summed E-state index contributed by atoms with van der Waals surface area (Å²) in [5.41, 5.74) is 1.10. The highest BCUT2D eigenvalue weighted by atomic mass is 19.1. The Bertz CT molecular complexity index is 1080. The van der Waals surface area contributed by atoms with Gasteiger partial charge in [-0.25, -0.2) is 9.18 Å². The van der Waals surface area contributed by atoms with Crippen LogP contribution in [-0.2, 0) is 9.53 Å². The van der Waals surface area contributed by atoms with E-state index in [0.29, 0.717) is 11.1 Å². The molecule has 7 nitrogen and oxygen atoms in total. The van der Waals surface area contributed by atoms with Crippen molar-refractivity contribution >= 4 is 17.8 Å². The lowest BCUT2D eigenvalue weighted by Gasteiger charge is -2.29. The van der Waals surface area contributed by atoms with Crippen molar-refractivity contribution in [3.63, 3.8) is 0 Å². The fraction of sp³-hybridized carbons (Fsp3) is 0.400. The number of hydrogen-bond donors (Lipinski definition) is 2. The maximum Gasteiger partial charge on any atom is 0.338 e. The summed E-state index contributed by atoms with van der Waals surface area (Å²) in [4.78, 5) is 36.8. The van der Waals surface area contributed by atoms with Crippen LogP contribution in [-0.4, -0.2) is 42.7 Å². The molecule has 2 aliphatic rings. The van der Waals surface area contributed by atoms with Gasteiger partial charge in [0.25, 0.3) is 5.91 Å². The smallest absolute Gasteiger partial charge is 0.338 e. The van der Waals surface area contributed by atoms with E-state index in [2.05, 4.69) is 5.32 Å². The van der Waals surface area contributed by atoms with Gasteiger partial charge in [-0.15, -0.1) is 0 Å². The lowest BCUT2D eigenvalue weighted by Crippen LogP contribution is -2.46. The molecule has 1 unspecified atom stereocenters. The van der Waals surface area contributed by atoms with E-state index in [1.54, 1.807) is 19.1 Å². The normalized spacial score (nSPS) is 23.2. The Hall–Kier alpha value is -3.42. The second-order valence-electron chi connectivity index (χ2n) is 8.53. The van der Waals surface area contributed by atoms with Crippen LogP contribution in [0.3, 0.4) is 0 Å². The number of nitrogens with one attached hydrogen (secondary N) is 1. The zero-order chi connectivity index (χ0) is 23.7. The molecule has 2 aromatic carbocycles. The standard InChI is InChI=1S/C25H26FNO6/c1-3-33-25(31)14-6-4-13(5-7-14)17-11-18(20(32-2)12-19(17)26)23(28)27-22-16-9-8-15(10-16)21(22)24(29)30/h4-7,11-12,15-16,21-22H,3,8-10H2,1-2H3,(H,27,28)(H,29,30)/t15-,16+,21?,22-/m1/s1. The summed E-state index contributed by atoms with van der Waals surface area (Å²) >= 11 is 0. The fourth-order valence-electron chi connectivity index (χ4n) is 5.21. The molecule has 0 spiro atoms. The number of fused-ring (bicyclic) bond motifs is 2. The maximum absolute atomic E-state index is 14.9. The van der Waals surface area contributed by atoms with Crippen molar-refractivity contribution in [2.75, 3.05) is 13.7 Å². The molecule has 0 aromatic heterocycles. The van der Waals surface area contributed by atoms with Crippen molar-refractivity contribution in [3.05, 3.63) is 53.3 Å². The van der Waals surface area contributed by atoms with Crippen molar-refractivity contribution in [1.82, 2.24) is 5.32 Å². The molecular formula is C25H26FNO6. The Morgan fingerprint density at radius 3 is 2.45 bits per heavy atom. The lowest BCUT2D eigenvalue weighted by atomic mass is 9.84. The number of hydrogen-bond acceptors (Lipinski definition) is 5. The van der Waals surface area contributed by atoms with Gasteiger partial charge in [0.05, 0.1) is 30.8 Å². The minimum atomic E-state index is -0.902. The highest BCUT2D eigenvalue weighted by molar-refractivity contribution is 5.99. The first-order valence-electron chi connectivity index (χ1n) is 11.0. The van der Waals surface area contributed by atoms with Gasteiger partial charge in [-0.1, -0.05) is 12.1 Å². The summed E-state index contributed by atoms with van der Waals surface area (Å²) in [6.45, 7) is 1.96. The molecule has 2 fully saturated rings. The minimum Gasteiger partial charge on any atom is -0.496 e. The van der Waals surface area contributed by atoms with Gasteiger partial charge >= 0.3 is 11.9 Å². The first-order chi connectivity index (χ1) is 15.8. The van der Waals surface area contributed by atoms with Crippen LogP contribution in [0.25, 0.3) is 11.1 Å². The number of ether oxygens (including phenoxy) is 2. The molecule has 33 heavy (non-hydrogen) atoms. The molecule has 0 aliphatic heterocycles. The number of aliphatic carboxylic acids is 1. The number of benzene rings is 2. The summed E-state index contributed by atoms with van der Waals surface area (Å²) in [5.74, 6) is -2.82. The summed E-state index contributed by atoms with van der Waals surface area (Å²) in [7, 11) is 1.34. The van der Waals surface area contributed by atoms with Gasteiger partial charge in [0.15, 0.2) is 0 Å². The van der Waals surface area contributed by atoms with E-state index in [1.807, 2.05) is 0 Å². The Morgan fingerprint density at radius 1 is 1.12 bits per heavy atom. The Balaban J connectivity index is 1.62. The predicted molar refractivity (Wildman–Crippen MR) is 118 cm³/mol. The number of carbonyl (C=O) groups excluding carboxylic acids is 2. The number of halogens is 1. The largest absolute Gasteiger partial charge is 0.496 e. The van der Waals surface area contributed by atoms with E-state index in [4.69, 9.17) is 9.47 Å². The van der Waals surface area contributed by atoms with Crippen molar-refractivity contribution in [3.8, 4) is 16.9 Å². The molecule has 1 amide bonds. The van der Waals surface area contributed by atoms with Gasteiger partial charge in [0.2, 0.25) is 0 Å². The van der Waals surface area contributed by atoms with Crippen LogP contribution in [0.15, 0.2) is 36.4 Å². The SMILES string of the molecule is CCOC(=O)c1ccc(-c2cc(C(=O)N[C@H]3C(C(=O)O)[C@@H]4CC[C@H]3C4)c(OC)cc2F)cc1. The van der Waals surface area contributed by atoms with Crippen molar-refractivity contribution < 1.29 is 33.4 Å². The monoisotopic (exact) mass is 455 g/mol. The van der Waals surface area contributed by atoms with E-state index in [-0.39, 0.29) is 35.3 Å². The van der Waals surface area contributed by atoms with Crippen LogP contribution >= 0.6 is 0 Å². The summed E-state index contributed by atoms with van der Waals surface area (Å²) < 4.78 is 25.1. The van der Waals surface area contributed by atoms with E-state index in [1.165, 1.54) is 25.3 Å². The third-order valence-electron chi connectivity index (χ3n) is 6.74. The molecule has 0 saturated heterocycles. The number of carbonyl (C=O) groups is 3. The first-order valence-corrected chi connectivity index (χ1v) is 11.0. The molecule has 2 aliphatic carbocycles. The molecule has 2 aromatic rings. The fourth-order valence-corrected chi connectivity index (χ4v) is 5.21. The first kappa shape index (κ1) is 22.8. The second-order valence-corrected chi connectivity index (χ2v) is 8.53. The zero-order valence-corrected chi connectivity index (χ0v) is 18.5. The molecule has 2 N–H and O–H groups in total. The molecular weight excluding hydrogens is 429 g/mol. The second kappa shape index (κ2) is 9.21. The van der Waals surface area contributed by atoms with Crippen LogP contribution < -0.4 is 10.1 Å².